The minimum absolute atomic E-state index is 0.249. The van der Waals surface area contributed by atoms with Crippen LogP contribution < -0.4 is 0 Å². The van der Waals surface area contributed by atoms with E-state index in [0.717, 1.165) is 11.1 Å². The van der Waals surface area contributed by atoms with Crippen molar-refractivity contribution in [3.8, 4) is 0 Å². The summed E-state index contributed by atoms with van der Waals surface area (Å²) in [6.07, 6.45) is -5.04. The normalized spacial score (nSPS) is 34.2. The summed E-state index contributed by atoms with van der Waals surface area (Å²) >= 11 is 0. The molecule has 0 radical (unpaired) electrons. The third kappa shape index (κ3) is 3.66. The molecule has 138 valence electrons. The minimum Gasteiger partial charge on any atom is -0.387 e. The van der Waals surface area contributed by atoms with Crippen molar-refractivity contribution in [3.05, 3.63) is 71.8 Å². The molecule has 2 aromatic carbocycles. The van der Waals surface area contributed by atoms with Gasteiger partial charge in [-0.15, -0.1) is 0 Å². The molecule has 0 aromatic heterocycles. The molecule has 6 atom stereocenters. The predicted molar refractivity (Wildman–Crippen MR) is 91.9 cm³/mol. The maximum Gasteiger partial charge on any atom is 0.187 e. The fourth-order valence-electron chi connectivity index (χ4n) is 3.25. The largest absolute Gasteiger partial charge is 0.387 e. The minimum atomic E-state index is -1.20. The first-order chi connectivity index (χ1) is 12.7. The first-order valence-corrected chi connectivity index (χ1v) is 8.71. The van der Waals surface area contributed by atoms with Crippen LogP contribution in [0.25, 0.3) is 0 Å². The van der Waals surface area contributed by atoms with E-state index >= 15 is 0 Å². The van der Waals surface area contributed by atoms with Crippen molar-refractivity contribution in [1.29, 1.82) is 0 Å². The van der Waals surface area contributed by atoms with Gasteiger partial charge in [-0.3, -0.25) is 0 Å². The lowest BCUT2D eigenvalue weighted by atomic mass is 9.98. The second-order valence-corrected chi connectivity index (χ2v) is 6.50. The zero-order chi connectivity index (χ0) is 17.9. The van der Waals surface area contributed by atoms with E-state index in [4.69, 9.17) is 18.9 Å². The third-order valence-electron chi connectivity index (χ3n) is 4.66. The molecule has 2 aliphatic rings. The molecule has 6 nitrogen and oxygen atoms in total. The van der Waals surface area contributed by atoms with Crippen LogP contribution in [0, 0.1) is 0 Å². The van der Waals surface area contributed by atoms with Gasteiger partial charge >= 0.3 is 0 Å². The van der Waals surface area contributed by atoms with Crippen LogP contribution in [0.3, 0.4) is 0 Å². The van der Waals surface area contributed by atoms with Crippen molar-refractivity contribution in [2.45, 2.75) is 43.6 Å². The van der Waals surface area contributed by atoms with Gasteiger partial charge in [-0.2, -0.15) is 0 Å². The van der Waals surface area contributed by atoms with Crippen molar-refractivity contribution in [1.82, 2.24) is 0 Å². The van der Waals surface area contributed by atoms with Crippen LogP contribution in [0.15, 0.2) is 60.7 Å². The van der Waals surface area contributed by atoms with Crippen molar-refractivity contribution in [2.75, 3.05) is 6.61 Å². The maximum atomic E-state index is 10.5. The van der Waals surface area contributed by atoms with E-state index < -0.39 is 37.0 Å². The summed E-state index contributed by atoms with van der Waals surface area (Å²) in [4.78, 5) is 0. The zero-order valence-corrected chi connectivity index (χ0v) is 14.2. The fraction of sp³-hybridized carbons (Fsp3) is 0.400. The lowest BCUT2D eigenvalue weighted by Crippen LogP contribution is -2.62. The van der Waals surface area contributed by atoms with Crippen molar-refractivity contribution in [3.63, 3.8) is 0 Å². The van der Waals surface area contributed by atoms with E-state index in [1.54, 1.807) is 0 Å². The van der Waals surface area contributed by atoms with Crippen LogP contribution in [-0.2, 0) is 25.6 Å². The quantitative estimate of drug-likeness (QED) is 0.867. The zero-order valence-electron chi connectivity index (χ0n) is 14.2. The molecule has 2 aromatic rings. The Morgan fingerprint density at radius 1 is 0.885 bits per heavy atom. The standard InChI is InChI=1S/C20H22O6/c21-16-17(22)20(23-11-13-7-3-1-4-8-13)25-15-12-24-19(26-18(15)16)14-9-5-2-6-10-14/h1-10,15-22H,11-12H2/t15-,16-,17+,18-,19+,20-/m1/s1. The van der Waals surface area contributed by atoms with Crippen LogP contribution in [0.1, 0.15) is 17.4 Å². The van der Waals surface area contributed by atoms with E-state index in [0.29, 0.717) is 0 Å². The van der Waals surface area contributed by atoms with Gasteiger partial charge in [0.15, 0.2) is 12.6 Å². The number of hydrogen-bond donors (Lipinski definition) is 2. The van der Waals surface area contributed by atoms with Crippen LogP contribution in [0.4, 0.5) is 0 Å². The molecule has 2 aliphatic heterocycles. The summed E-state index contributed by atoms with van der Waals surface area (Å²) in [5.41, 5.74) is 1.82. The van der Waals surface area contributed by atoms with Crippen molar-refractivity contribution < 1.29 is 29.2 Å². The van der Waals surface area contributed by atoms with Gasteiger partial charge in [0.05, 0.1) is 13.2 Å². The van der Waals surface area contributed by atoms with Gasteiger partial charge < -0.3 is 29.2 Å². The van der Waals surface area contributed by atoms with Gasteiger partial charge in [0.1, 0.15) is 24.4 Å². The Balaban J connectivity index is 1.40. The van der Waals surface area contributed by atoms with Gasteiger partial charge in [0, 0.05) is 5.56 Å². The van der Waals surface area contributed by atoms with Gasteiger partial charge in [-0.25, -0.2) is 0 Å². The molecular formula is C20H22O6. The van der Waals surface area contributed by atoms with Gasteiger partial charge in [-0.05, 0) is 5.56 Å². The van der Waals surface area contributed by atoms with Crippen LogP contribution in [-0.4, -0.2) is 47.5 Å². The Bertz CT molecular complexity index is 692. The first kappa shape index (κ1) is 17.6. The number of benzene rings is 2. The summed E-state index contributed by atoms with van der Waals surface area (Å²) in [6.45, 7) is 0.528. The van der Waals surface area contributed by atoms with E-state index in [2.05, 4.69) is 0 Å². The average molecular weight is 358 g/mol. The highest BCUT2D eigenvalue weighted by Crippen LogP contribution is 2.34. The molecule has 26 heavy (non-hydrogen) atoms. The van der Waals surface area contributed by atoms with E-state index in [9.17, 15) is 10.2 Å². The van der Waals surface area contributed by atoms with E-state index in [1.165, 1.54) is 0 Å². The third-order valence-corrected chi connectivity index (χ3v) is 4.66. The highest BCUT2D eigenvalue weighted by Gasteiger charge is 2.49. The molecule has 2 N–H and O–H groups in total. The number of ether oxygens (including phenoxy) is 4. The SMILES string of the molecule is O[C@@H]1[C@H](OCc2ccccc2)O[C@@H]2CO[C@H](c3ccccc3)O[C@H]2[C@@H]1O. The molecule has 0 bridgehead atoms. The average Bonchev–Trinajstić information content (AvgIpc) is 2.71. The number of aliphatic hydroxyl groups is 2. The Morgan fingerprint density at radius 2 is 1.58 bits per heavy atom. The highest BCUT2D eigenvalue weighted by atomic mass is 16.8. The summed E-state index contributed by atoms with van der Waals surface area (Å²) in [5.74, 6) is 0. The molecule has 0 amide bonds. The van der Waals surface area contributed by atoms with Crippen molar-refractivity contribution in [2.24, 2.45) is 0 Å². The van der Waals surface area contributed by atoms with Crippen LogP contribution in [0.5, 0.6) is 0 Å². The lowest BCUT2D eigenvalue weighted by Gasteiger charge is -2.46. The maximum absolute atomic E-state index is 10.5. The van der Waals surface area contributed by atoms with E-state index in [-0.39, 0.29) is 13.2 Å². The Labute approximate surface area is 151 Å². The monoisotopic (exact) mass is 358 g/mol. The van der Waals surface area contributed by atoms with Crippen molar-refractivity contribution >= 4 is 0 Å². The van der Waals surface area contributed by atoms with Gasteiger partial charge in [0.25, 0.3) is 0 Å². The summed E-state index contributed by atoms with van der Waals surface area (Å²) < 4.78 is 23.1. The van der Waals surface area contributed by atoms with Crippen LogP contribution >= 0.6 is 0 Å². The fourth-order valence-corrected chi connectivity index (χ4v) is 3.25. The summed E-state index contributed by atoms with van der Waals surface area (Å²) in [6, 6.07) is 19.1. The smallest absolute Gasteiger partial charge is 0.187 e. The van der Waals surface area contributed by atoms with Gasteiger partial charge in [-0.1, -0.05) is 60.7 Å². The van der Waals surface area contributed by atoms with E-state index in [1.807, 2.05) is 60.7 Å². The molecule has 0 aliphatic carbocycles. The number of hydrogen-bond acceptors (Lipinski definition) is 6. The molecule has 2 saturated heterocycles. The molecule has 2 fully saturated rings. The Hall–Kier alpha value is -1.80. The summed E-state index contributed by atoms with van der Waals surface area (Å²) in [7, 11) is 0. The highest BCUT2D eigenvalue weighted by molar-refractivity contribution is 5.17. The number of rotatable bonds is 4. The molecule has 0 spiro atoms. The molecule has 0 saturated carbocycles. The van der Waals surface area contributed by atoms with Gasteiger partial charge in [0.2, 0.25) is 0 Å². The topological polar surface area (TPSA) is 77.4 Å². The Morgan fingerprint density at radius 3 is 2.31 bits per heavy atom. The molecule has 0 unspecified atom stereocenters. The lowest BCUT2D eigenvalue weighted by molar-refractivity contribution is -0.362. The Kier molecular flexibility index (Phi) is 5.31. The molecule has 4 rings (SSSR count). The molecule has 2 heterocycles. The second kappa shape index (κ2) is 7.84. The first-order valence-electron chi connectivity index (χ1n) is 8.71. The number of aliphatic hydroxyl groups excluding tert-OH is 2. The van der Waals surface area contributed by atoms with Crippen LogP contribution in [0.2, 0.25) is 0 Å². The number of fused-ring (bicyclic) bond motifs is 1. The second-order valence-electron chi connectivity index (χ2n) is 6.50. The predicted octanol–water partition coefficient (Wildman–Crippen LogP) is 1.76. The molecular weight excluding hydrogens is 336 g/mol. The summed E-state index contributed by atoms with van der Waals surface area (Å²) in [5, 5.41) is 20.9. The molecule has 6 heteroatoms.